The van der Waals surface area contributed by atoms with Gasteiger partial charge in [-0.05, 0) is 43.9 Å². The highest BCUT2D eigenvalue weighted by Crippen LogP contribution is 2.34. The van der Waals surface area contributed by atoms with Crippen LogP contribution in [0.5, 0.6) is 0 Å². The summed E-state index contributed by atoms with van der Waals surface area (Å²) in [5, 5.41) is 0. The van der Waals surface area contributed by atoms with E-state index in [1.54, 1.807) is 0 Å². The van der Waals surface area contributed by atoms with E-state index in [0.717, 1.165) is 37.6 Å². The van der Waals surface area contributed by atoms with E-state index in [-0.39, 0.29) is 0 Å². The van der Waals surface area contributed by atoms with Gasteiger partial charge < -0.3 is 9.53 Å². The van der Waals surface area contributed by atoms with Gasteiger partial charge in [0, 0.05) is 13.0 Å². The van der Waals surface area contributed by atoms with Crippen molar-refractivity contribution in [3.63, 3.8) is 0 Å². The van der Waals surface area contributed by atoms with Crippen LogP contribution in [0.4, 0.5) is 0 Å². The Morgan fingerprint density at radius 3 is 2.56 bits per heavy atom. The molecular weight excluding hydrogens is 224 g/mol. The van der Waals surface area contributed by atoms with Gasteiger partial charge in [-0.25, -0.2) is 0 Å². The van der Waals surface area contributed by atoms with Crippen molar-refractivity contribution in [1.29, 1.82) is 0 Å². The second-order valence-electron chi connectivity index (χ2n) is 6.28. The Kier molecular flexibility index (Phi) is 7.57. The Labute approximate surface area is 112 Å². The van der Waals surface area contributed by atoms with Gasteiger partial charge in [0.2, 0.25) is 0 Å². The first-order valence-corrected chi connectivity index (χ1v) is 7.68. The third-order valence-electron chi connectivity index (χ3n) is 4.37. The van der Waals surface area contributed by atoms with Crippen molar-refractivity contribution in [1.82, 2.24) is 0 Å². The number of ether oxygens (including phenoxy) is 1. The highest BCUT2D eigenvalue weighted by molar-refractivity contribution is 5.48. The van der Waals surface area contributed by atoms with Crippen LogP contribution in [0.15, 0.2) is 0 Å². The summed E-state index contributed by atoms with van der Waals surface area (Å²) in [5.41, 5.74) is 0. The van der Waals surface area contributed by atoms with Gasteiger partial charge in [-0.15, -0.1) is 0 Å². The van der Waals surface area contributed by atoms with Crippen molar-refractivity contribution in [3.05, 3.63) is 0 Å². The molecule has 1 aliphatic rings. The zero-order chi connectivity index (χ0) is 13.4. The smallest absolute Gasteiger partial charge is 0.119 e. The second kappa shape index (κ2) is 8.68. The number of rotatable bonds is 9. The van der Waals surface area contributed by atoms with Crippen molar-refractivity contribution in [3.8, 4) is 0 Å². The number of aldehydes is 1. The van der Waals surface area contributed by atoms with Crippen LogP contribution in [0, 0.1) is 17.8 Å². The van der Waals surface area contributed by atoms with Crippen LogP contribution in [0.1, 0.15) is 65.7 Å². The number of hydrogen-bond donors (Lipinski definition) is 0. The van der Waals surface area contributed by atoms with Crippen LogP contribution >= 0.6 is 0 Å². The Morgan fingerprint density at radius 1 is 1.17 bits per heavy atom. The molecule has 0 aromatic heterocycles. The molecule has 1 fully saturated rings. The first-order chi connectivity index (χ1) is 8.63. The van der Waals surface area contributed by atoms with Gasteiger partial charge >= 0.3 is 0 Å². The molecule has 18 heavy (non-hydrogen) atoms. The maximum Gasteiger partial charge on any atom is 0.119 e. The van der Waals surface area contributed by atoms with Crippen molar-refractivity contribution in [2.75, 3.05) is 6.61 Å². The molecule has 0 radical (unpaired) electrons. The summed E-state index contributed by atoms with van der Waals surface area (Å²) in [5.74, 6) is 2.28. The predicted molar refractivity (Wildman–Crippen MR) is 75.6 cm³/mol. The number of carbonyl (C=O) groups is 1. The van der Waals surface area contributed by atoms with Crippen LogP contribution < -0.4 is 0 Å². The summed E-state index contributed by atoms with van der Waals surface area (Å²) in [6.07, 6.45) is 9.82. The summed E-state index contributed by atoms with van der Waals surface area (Å²) < 4.78 is 5.93. The molecule has 1 rings (SSSR count). The quantitative estimate of drug-likeness (QED) is 0.455. The maximum absolute atomic E-state index is 10.2. The molecule has 0 amide bonds. The van der Waals surface area contributed by atoms with Crippen LogP contribution in [0.2, 0.25) is 0 Å². The molecule has 0 saturated heterocycles. The molecule has 106 valence electrons. The second-order valence-corrected chi connectivity index (χ2v) is 6.28. The van der Waals surface area contributed by atoms with Gasteiger partial charge in [0.05, 0.1) is 6.10 Å². The van der Waals surface area contributed by atoms with Crippen LogP contribution in [-0.2, 0) is 9.53 Å². The Balaban J connectivity index is 2.07. The molecule has 1 aliphatic carbocycles. The summed E-state index contributed by atoms with van der Waals surface area (Å²) >= 11 is 0. The average molecular weight is 254 g/mol. The lowest BCUT2D eigenvalue weighted by molar-refractivity contribution is -0.107. The molecule has 0 bridgehead atoms. The minimum absolute atomic E-state index is 0.386. The Hall–Kier alpha value is -0.370. The van der Waals surface area contributed by atoms with E-state index in [9.17, 15) is 4.79 Å². The van der Waals surface area contributed by atoms with Gasteiger partial charge in [0.1, 0.15) is 6.29 Å². The van der Waals surface area contributed by atoms with Crippen LogP contribution in [0.3, 0.4) is 0 Å². The molecule has 0 aliphatic heterocycles. The third-order valence-corrected chi connectivity index (χ3v) is 4.37. The number of hydrogen-bond acceptors (Lipinski definition) is 2. The van der Waals surface area contributed by atoms with Crippen molar-refractivity contribution in [2.24, 2.45) is 17.8 Å². The lowest BCUT2D eigenvalue weighted by atomic mass is 9.98. The molecule has 1 unspecified atom stereocenters. The van der Waals surface area contributed by atoms with E-state index in [2.05, 4.69) is 20.8 Å². The SMILES string of the molecule is CC(C)[C@H](C)OCC1CC[C@H](CCCCC=O)C1. The fourth-order valence-corrected chi connectivity index (χ4v) is 2.73. The first-order valence-electron chi connectivity index (χ1n) is 7.68. The van der Waals surface area contributed by atoms with Gasteiger partial charge in [-0.1, -0.05) is 33.1 Å². The van der Waals surface area contributed by atoms with Gasteiger partial charge in [0.25, 0.3) is 0 Å². The van der Waals surface area contributed by atoms with Crippen molar-refractivity contribution in [2.45, 2.75) is 71.8 Å². The highest BCUT2D eigenvalue weighted by atomic mass is 16.5. The Morgan fingerprint density at radius 2 is 1.89 bits per heavy atom. The first kappa shape index (κ1) is 15.7. The topological polar surface area (TPSA) is 26.3 Å². The summed E-state index contributed by atoms with van der Waals surface area (Å²) in [7, 11) is 0. The van der Waals surface area contributed by atoms with Crippen LogP contribution in [0.25, 0.3) is 0 Å². The highest BCUT2D eigenvalue weighted by Gasteiger charge is 2.25. The fraction of sp³-hybridized carbons (Fsp3) is 0.938. The minimum Gasteiger partial charge on any atom is -0.378 e. The predicted octanol–water partition coefficient (Wildman–Crippen LogP) is 4.22. The standard InChI is InChI=1S/C16H30O2/c1-13(2)14(3)18-12-16-9-8-15(11-16)7-5-4-6-10-17/h10,13-16H,4-9,11-12H2,1-3H3/t14-,15-,16?/m0/s1. The van der Waals surface area contributed by atoms with Gasteiger partial charge in [0.15, 0.2) is 0 Å². The number of carbonyl (C=O) groups excluding carboxylic acids is 1. The summed E-state index contributed by atoms with van der Waals surface area (Å²) in [4.78, 5) is 10.2. The summed E-state index contributed by atoms with van der Waals surface area (Å²) in [6, 6.07) is 0. The normalized spacial score (nSPS) is 25.6. The zero-order valence-electron chi connectivity index (χ0n) is 12.4. The Bertz CT molecular complexity index is 225. The lowest BCUT2D eigenvalue weighted by Gasteiger charge is -2.19. The molecule has 0 heterocycles. The van der Waals surface area contributed by atoms with Gasteiger partial charge in [-0.2, -0.15) is 0 Å². The van der Waals surface area contributed by atoms with E-state index in [1.165, 1.54) is 32.1 Å². The molecule has 0 aromatic carbocycles. The van der Waals surface area contributed by atoms with E-state index < -0.39 is 0 Å². The molecule has 0 aromatic rings. The van der Waals surface area contributed by atoms with Crippen LogP contribution in [-0.4, -0.2) is 19.0 Å². The largest absolute Gasteiger partial charge is 0.378 e. The fourth-order valence-electron chi connectivity index (χ4n) is 2.73. The minimum atomic E-state index is 0.386. The summed E-state index contributed by atoms with van der Waals surface area (Å²) in [6.45, 7) is 7.56. The molecule has 0 spiro atoms. The average Bonchev–Trinajstić information content (AvgIpc) is 2.79. The molecule has 3 atom stereocenters. The zero-order valence-corrected chi connectivity index (χ0v) is 12.4. The third kappa shape index (κ3) is 5.99. The molecule has 2 heteroatoms. The van der Waals surface area contributed by atoms with Gasteiger partial charge in [-0.3, -0.25) is 0 Å². The lowest BCUT2D eigenvalue weighted by Crippen LogP contribution is -2.19. The van der Waals surface area contributed by atoms with E-state index >= 15 is 0 Å². The molecule has 1 saturated carbocycles. The maximum atomic E-state index is 10.2. The van der Waals surface area contributed by atoms with E-state index in [0.29, 0.717) is 12.0 Å². The number of unbranched alkanes of at least 4 members (excludes halogenated alkanes) is 2. The van der Waals surface area contributed by atoms with Crippen molar-refractivity contribution < 1.29 is 9.53 Å². The molecule has 2 nitrogen and oxygen atoms in total. The van der Waals surface area contributed by atoms with E-state index in [4.69, 9.17) is 4.74 Å². The van der Waals surface area contributed by atoms with E-state index in [1.807, 2.05) is 0 Å². The molecular formula is C16H30O2. The molecule has 0 N–H and O–H groups in total. The monoisotopic (exact) mass is 254 g/mol. The van der Waals surface area contributed by atoms with Crippen molar-refractivity contribution >= 4 is 6.29 Å².